The minimum atomic E-state index is 0.658. The lowest BCUT2D eigenvalue weighted by molar-refractivity contribution is 1.01. The Morgan fingerprint density at radius 2 is 2.14 bits per heavy atom. The lowest BCUT2D eigenvalue weighted by Crippen LogP contribution is -2.03. The van der Waals surface area contributed by atoms with Gasteiger partial charge in [0.1, 0.15) is 0 Å². The Morgan fingerprint density at radius 1 is 1.36 bits per heavy atom. The van der Waals surface area contributed by atoms with Crippen molar-refractivity contribution in [3.8, 4) is 0 Å². The molecule has 2 rings (SSSR count). The van der Waals surface area contributed by atoms with E-state index in [1.165, 1.54) is 0 Å². The van der Waals surface area contributed by atoms with Gasteiger partial charge in [-0.3, -0.25) is 0 Å². The van der Waals surface area contributed by atoms with E-state index < -0.39 is 0 Å². The summed E-state index contributed by atoms with van der Waals surface area (Å²) in [7, 11) is 0. The third kappa shape index (κ3) is 2.10. The second kappa shape index (κ2) is 3.91. The molecule has 72 valence electrons. The molecule has 4 heteroatoms. The molecule has 2 aromatic rings. The molecule has 0 aliphatic rings. The Bertz CT molecular complexity index is 377. The highest BCUT2D eigenvalue weighted by molar-refractivity contribution is 5.25. The van der Waals surface area contributed by atoms with E-state index in [-0.39, 0.29) is 0 Å². The number of H-pyrrole nitrogens is 1. The molecule has 0 spiro atoms. The third-order valence-corrected chi connectivity index (χ3v) is 1.88. The first-order chi connectivity index (χ1) is 6.84. The SMILES string of the molecule is Cc1cnc(NCc2ccc[nH]2)nc1. The third-order valence-electron chi connectivity index (χ3n) is 1.88. The van der Waals surface area contributed by atoms with Crippen LogP contribution in [0.15, 0.2) is 30.7 Å². The summed E-state index contributed by atoms with van der Waals surface area (Å²) in [4.78, 5) is 11.4. The first-order valence-electron chi connectivity index (χ1n) is 4.49. The fourth-order valence-electron chi connectivity index (χ4n) is 1.14. The van der Waals surface area contributed by atoms with Crippen LogP contribution in [0.3, 0.4) is 0 Å². The lowest BCUT2D eigenvalue weighted by Gasteiger charge is -2.02. The van der Waals surface area contributed by atoms with Crippen LogP contribution in [-0.2, 0) is 6.54 Å². The maximum absolute atomic E-state index is 4.14. The molecule has 0 aliphatic heterocycles. The van der Waals surface area contributed by atoms with Gasteiger partial charge in [-0.2, -0.15) is 0 Å². The molecule has 0 radical (unpaired) electrons. The van der Waals surface area contributed by atoms with Gasteiger partial charge >= 0.3 is 0 Å². The van der Waals surface area contributed by atoms with Crippen LogP contribution >= 0.6 is 0 Å². The van der Waals surface area contributed by atoms with Gasteiger partial charge in [-0.15, -0.1) is 0 Å². The molecule has 0 unspecified atom stereocenters. The molecule has 0 aromatic carbocycles. The quantitative estimate of drug-likeness (QED) is 0.771. The number of nitrogens with zero attached hydrogens (tertiary/aromatic N) is 2. The van der Waals surface area contributed by atoms with Gasteiger partial charge in [0, 0.05) is 24.3 Å². The van der Waals surface area contributed by atoms with Crippen molar-refractivity contribution >= 4 is 5.95 Å². The smallest absolute Gasteiger partial charge is 0.222 e. The summed E-state index contributed by atoms with van der Waals surface area (Å²) in [6.07, 6.45) is 5.49. The van der Waals surface area contributed by atoms with Crippen molar-refractivity contribution in [1.29, 1.82) is 0 Å². The van der Waals surface area contributed by atoms with Crippen LogP contribution in [0.2, 0.25) is 0 Å². The van der Waals surface area contributed by atoms with Gasteiger partial charge in [-0.05, 0) is 24.6 Å². The Morgan fingerprint density at radius 3 is 2.79 bits per heavy atom. The maximum atomic E-state index is 4.14. The van der Waals surface area contributed by atoms with Crippen molar-refractivity contribution in [1.82, 2.24) is 15.0 Å². The van der Waals surface area contributed by atoms with Gasteiger partial charge in [0.05, 0.1) is 6.54 Å². The molecule has 4 nitrogen and oxygen atoms in total. The van der Waals surface area contributed by atoms with E-state index >= 15 is 0 Å². The number of rotatable bonds is 3. The Hall–Kier alpha value is -1.84. The second-order valence-electron chi connectivity index (χ2n) is 3.13. The van der Waals surface area contributed by atoms with Gasteiger partial charge in [-0.25, -0.2) is 9.97 Å². The van der Waals surface area contributed by atoms with Gasteiger partial charge in [0.2, 0.25) is 5.95 Å². The molecule has 0 aliphatic carbocycles. The highest BCUT2D eigenvalue weighted by atomic mass is 15.1. The molecule has 0 saturated carbocycles. The molecular formula is C10H12N4. The normalized spacial score (nSPS) is 10.1. The highest BCUT2D eigenvalue weighted by Crippen LogP contribution is 2.01. The molecule has 0 amide bonds. The Labute approximate surface area is 82.4 Å². The Balaban J connectivity index is 1.95. The van der Waals surface area contributed by atoms with Crippen LogP contribution < -0.4 is 5.32 Å². The summed E-state index contributed by atoms with van der Waals surface area (Å²) in [5.74, 6) is 0.658. The lowest BCUT2D eigenvalue weighted by atomic mass is 10.4. The first kappa shape index (κ1) is 8.74. The van der Waals surface area contributed by atoms with Crippen LogP contribution in [-0.4, -0.2) is 15.0 Å². The van der Waals surface area contributed by atoms with Crippen molar-refractivity contribution in [2.45, 2.75) is 13.5 Å². The summed E-state index contributed by atoms with van der Waals surface area (Å²) in [5, 5.41) is 3.12. The highest BCUT2D eigenvalue weighted by Gasteiger charge is 1.95. The number of aromatic amines is 1. The summed E-state index contributed by atoms with van der Waals surface area (Å²) in [6.45, 7) is 2.69. The van der Waals surface area contributed by atoms with Crippen molar-refractivity contribution in [3.05, 3.63) is 42.0 Å². The van der Waals surface area contributed by atoms with Crippen LogP contribution in [0.5, 0.6) is 0 Å². The molecule has 0 fully saturated rings. The van der Waals surface area contributed by atoms with Crippen molar-refractivity contribution in [2.75, 3.05) is 5.32 Å². The summed E-state index contributed by atoms with van der Waals surface area (Å²) >= 11 is 0. The van der Waals surface area contributed by atoms with E-state index in [1.807, 2.05) is 25.3 Å². The van der Waals surface area contributed by atoms with Gasteiger partial charge in [-0.1, -0.05) is 0 Å². The number of nitrogens with one attached hydrogen (secondary N) is 2. The maximum Gasteiger partial charge on any atom is 0.222 e. The number of aromatic nitrogens is 3. The topological polar surface area (TPSA) is 53.6 Å². The zero-order chi connectivity index (χ0) is 9.80. The number of hydrogen-bond donors (Lipinski definition) is 2. The van der Waals surface area contributed by atoms with E-state index in [9.17, 15) is 0 Å². The zero-order valence-electron chi connectivity index (χ0n) is 7.99. The molecule has 2 aromatic heterocycles. The van der Waals surface area contributed by atoms with Crippen molar-refractivity contribution in [3.63, 3.8) is 0 Å². The predicted molar refractivity (Wildman–Crippen MR) is 54.9 cm³/mol. The van der Waals surface area contributed by atoms with Crippen LogP contribution in [0.25, 0.3) is 0 Å². The van der Waals surface area contributed by atoms with Crippen LogP contribution in [0.1, 0.15) is 11.3 Å². The molecule has 0 atom stereocenters. The van der Waals surface area contributed by atoms with Crippen LogP contribution in [0, 0.1) is 6.92 Å². The molecule has 2 N–H and O–H groups in total. The molecular weight excluding hydrogens is 176 g/mol. The van der Waals surface area contributed by atoms with E-state index in [2.05, 4.69) is 20.3 Å². The average molecular weight is 188 g/mol. The van der Waals surface area contributed by atoms with E-state index in [0.717, 1.165) is 17.8 Å². The minimum absolute atomic E-state index is 0.658. The van der Waals surface area contributed by atoms with E-state index in [0.29, 0.717) is 5.95 Å². The summed E-state index contributed by atoms with van der Waals surface area (Å²) in [5.41, 5.74) is 2.18. The Kier molecular flexibility index (Phi) is 2.44. The molecule has 2 heterocycles. The fourth-order valence-corrected chi connectivity index (χ4v) is 1.14. The molecule has 0 bridgehead atoms. The van der Waals surface area contributed by atoms with Gasteiger partial charge < -0.3 is 10.3 Å². The fraction of sp³-hybridized carbons (Fsp3) is 0.200. The van der Waals surface area contributed by atoms with Gasteiger partial charge in [0.25, 0.3) is 0 Å². The second-order valence-corrected chi connectivity index (χ2v) is 3.13. The molecule has 0 saturated heterocycles. The predicted octanol–water partition coefficient (Wildman–Crippen LogP) is 1.73. The van der Waals surface area contributed by atoms with E-state index in [1.54, 1.807) is 12.4 Å². The van der Waals surface area contributed by atoms with Crippen LogP contribution in [0.4, 0.5) is 5.95 Å². The largest absolute Gasteiger partial charge is 0.364 e. The summed E-state index contributed by atoms with van der Waals surface area (Å²) in [6, 6.07) is 3.98. The number of aryl methyl sites for hydroxylation is 1. The molecule has 14 heavy (non-hydrogen) atoms. The van der Waals surface area contributed by atoms with Crippen molar-refractivity contribution < 1.29 is 0 Å². The first-order valence-corrected chi connectivity index (χ1v) is 4.49. The zero-order valence-corrected chi connectivity index (χ0v) is 7.99. The van der Waals surface area contributed by atoms with Crippen molar-refractivity contribution in [2.24, 2.45) is 0 Å². The average Bonchev–Trinajstić information content (AvgIpc) is 2.70. The standard InChI is InChI=1S/C10H12N4/c1-8-5-12-10(13-6-8)14-7-9-3-2-4-11-9/h2-6,11H,7H2,1H3,(H,12,13,14). The minimum Gasteiger partial charge on any atom is -0.364 e. The number of anilines is 1. The summed E-state index contributed by atoms with van der Waals surface area (Å²) < 4.78 is 0. The monoisotopic (exact) mass is 188 g/mol. The van der Waals surface area contributed by atoms with Gasteiger partial charge in [0.15, 0.2) is 0 Å². The van der Waals surface area contributed by atoms with E-state index in [4.69, 9.17) is 0 Å². The number of hydrogen-bond acceptors (Lipinski definition) is 3.